The molecule has 1 unspecified atom stereocenters. The lowest BCUT2D eigenvalue weighted by atomic mass is 9.96. The van der Waals surface area contributed by atoms with Gasteiger partial charge in [0.1, 0.15) is 11.5 Å². The van der Waals surface area contributed by atoms with E-state index in [1.165, 1.54) is 0 Å². The first-order valence-electron chi connectivity index (χ1n) is 15.7. The Kier molecular flexibility index (Phi) is 9.90. The van der Waals surface area contributed by atoms with Crippen LogP contribution in [0.25, 0.3) is 46.3 Å². The molecule has 0 bridgehead atoms. The Labute approximate surface area is 322 Å². The third-order valence-electron chi connectivity index (χ3n) is 8.60. The van der Waals surface area contributed by atoms with Crippen LogP contribution in [0.1, 0.15) is 27.8 Å². The summed E-state index contributed by atoms with van der Waals surface area (Å²) in [6, 6.07) is 31.4. The Morgan fingerprint density at radius 1 is 0.600 bits per heavy atom. The monoisotopic (exact) mass is 911 g/mol. The zero-order chi connectivity index (χ0) is 35.1. The van der Waals surface area contributed by atoms with Crippen LogP contribution < -0.4 is 21.3 Å². The van der Waals surface area contributed by atoms with Crippen molar-refractivity contribution in [3.63, 3.8) is 0 Å². The van der Waals surface area contributed by atoms with E-state index in [4.69, 9.17) is 9.15 Å². The number of allylic oxidation sites excluding steroid dienone is 2. The molecule has 50 heavy (non-hydrogen) atoms. The van der Waals surface area contributed by atoms with E-state index in [0.29, 0.717) is 28.6 Å². The number of halogens is 4. The minimum Gasteiger partial charge on any atom is -0.457 e. The van der Waals surface area contributed by atoms with Crippen molar-refractivity contribution < 1.29 is 9.15 Å². The van der Waals surface area contributed by atoms with E-state index in [9.17, 15) is 9.59 Å². The molecule has 0 spiro atoms. The van der Waals surface area contributed by atoms with Gasteiger partial charge in [0.25, 0.3) is 0 Å². The van der Waals surface area contributed by atoms with Crippen LogP contribution in [0.3, 0.4) is 0 Å². The van der Waals surface area contributed by atoms with Gasteiger partial charge in [-0.25, -0.2) is 4.42 Å². The average molecular weight is 915 g/mol. The Hall–Kier alpha value is -3.95. The smallest absolute Gasteiger partial charge is 0.361 e. The topological polar surface area (TPSA) is 54.7 Å². The van der Waals surface area contributed by atoms with E-state index in [1.807, 2.05) is 123 Å². The molecule has 1 aliphatic rings. The number of hydrogen-bond donors (Lipinski definition) is 0. The fraction of sp³-hybridized carbons (Fsp3) is 0.0714. The van der Waals surface area contributed by atoms with Gasteiger partial charge in [-0.05, 0) is 149 Å². The van der Waals surface area contributed by atoms with E-state index in [1.54, 1.807) is 12.2 Å². The van der Waals surface area contributed by atoms with Crippen molar-refractivity contribution in [2.45, 2.75) is 13.8 Å². The van der Waals surface area contributed by atoms with Crippen molar-refractivity contribution in [3.8, 4) is 22.6 Å². The Morgan fingerprint density at radius 3 is 1.80 bits per heavy atom. The van der Waals surface area contributed by atoms with Gasteiger partial charge in [0.05, 0.1) is 33.7 Å². The third-order valence-corrected chi connectivity index (χ3v) is 12.4. The largest absolute Gasteiger partial charge is 0.457 e. The standard InChI is InChI=1S/C42H27Br4O4/c1-23-7-3-5-9-29(23)39-19-25(17-37(49-39)27-11-13-33(43)35(45)21-27)15-31-41(47)32(42(31)48)16-26-18-38(28-12-14-34(44)36(46)22-28)50-40(20-26)30-10-6-4-8-24(30)2/h3-22,25H,1-2H3/q+1. The van der Waals surface area contributed by atoms with Gasteiger partial charge < -0.3 is 4.74 Å². The molecular weight excluding hydrogens is 888 g/mol. The summed E-state index contributed by atoms with van der Waals surface area (Å²) in [5.74, 6) is 2.19. The van der Waals surface area contributed by atoms with E-state index < -0.39 is 0 Å². The molecule has 0 fully saturated rings. The first-order valence-corrected chi connectivity index (χ1v) is 18.9. The second kappa shape index (κ2) is 14.3. The minimum absolute atomic E-state index is 0.136. The van der Waals surface area contributed by atoms with Crippen molar-refractivity contribution in [1.29, 1.82) is 0 Å². The number of hydrogen-bond acceptors (Lipinski definition) is 3. The van der Waals surface area contributed by atoms with Crippen LogP contribution in [-0.4, -0.2) is 0 Å². The second-order valence-electron chi connectivity index (χ2n) is 12.0. The Bertz CT molecular complexity index is 2560. The van der Waals surface area contributed by atoms with Crippen LogP contribution in [0.5, 0.6) is 0 Å². The highest BCUT2D eigenvalue weighted by Crippen LogP contribution is 2.37. The number of benzene rings is 4. The predicted octanol–water partition coefficient (Wildman–Crippen LogP) is 10.5. The fourth-order valence-corrected chi connectivity index (χ4v) is 7.18. The lowest BCUT2D eigenvalue weighted by Crippen LogP contribution is -2.64. The molecule has 246 valence electrons. The summed E-state index contributed by atoms with van der Waals surface area (Å²) < 4.78 is 16.4. The number of rotatable bonds is 6. The molecule has 4 nitrogen and oxygen atoms in total. The molecule has 0 amide bonds. The van der Waals surface area contributed by atoms with Gasteiger partial charge in [-0.15, -0.1) is 0 Å². The quantitative estimate of drug-likeness (QED) is 0.156. The minimum atomic E-state index is -0.356. The van der Waals surface area contributed by atoms with E-state index in [0.717, 1.165) is 51.3 Å². The molecule has 0 saturated carbocycles. The maximum Gasteiger partial charge on any atom is 0.361 e. The fourth-order valence-electron chi connectivity index (χ4n) is 5.93. The third kappa shape index (κ3) is 6.99. The van der Waals surface area contributed by atoms with Crippen LogP contribution in [-0.2, 0) is 4.74 Å². The van der Waals surface area contributed by atoms with Crippen LogP contribution >= 0.6 is 63.7 Å². The molecule has 1 aromatic heterocycles. The van der Waals surface area contributed by atoms with E-state index >= 15 is 0 Å². The molecule has 5 aromatic carbocycles. The lowest BCUT2D eigenvalue weighted by Gasteiger charge is -2.22. The van der Waals surface area contributed by atoms with Crippen molar-refractivity contribution in [2.75, 3.05) is 0 Å². The first-order chi connectivity index (χ1) is 24.0. The highest BCUT2D eigenvalue weighted by Gasteiger charge is 2.23. The molecule has 1 atom stereocenters. The molecule has 0 saturated heterocycles. The molecule has 1 aliphatic heterocycles. The molecule has 6 aromatic rings. The van der Waals surface area contributed by atoms with Crippen LogP contribution in [0.4, 0.5) is 0 Å². The van der Waals surface area contributed by atoms with Gasteiger partial charge in [0, 0.05) is 34.9 Å². The summed E-state index contributed by atoms with van der Waals surface area (Å²) >= 11 is 14.3. The summed E-state index contributed by atoms with van der Waals surface area (Å²) in [6.07, 6.45) is 7.28. The highest BCUT2D eigenvalue weighted by atomic mass is 79.9. The van der Waals surface area contributed by atoms with Gasteiger partial charge in [0.2, 0.25) is 10.9 Å². The molecular formula is C42H27Br4O4+. The SMILES string of the molecule is Cc1ccccc1C1=CC(C=c2c(=O)c(=Cc3cc(-c4ccc(Br)c(Br)c4)[o+]c(-c4ccccc4C)c3)c2=O)C=C(c2ccc(Br)c(Br)c2)O1. The van der Waals surface area contributed by atoms with Crippen molar-refractivity contribution in [2.24, 2.45) is 5.92 Å². The molecule has 0 aliphatic carbocycles. The Balaban J connectivity index is 1.34. The second-order valence-corrected chi connectivity index (χ2v) is 15.5. The summed E-state index contributed by atoms with van der Waals surface area (Å²) in [5.41, 5.74) is 5.78. The molecule has 0 N–H and O–H groups in total. The van der Waals surface area contributed by atoms with E-state index in [2.05, 4.69) is 63.7 Å². The zero-order valence-corrected chi connectivity index (χ0v) is 33.1. The molecule has 0 radical (unpaired) electrons. The lowest BCUT2D eigenvalue weighted by molar-refractivity contribution is 0.458. The molecule has 7 rings (SSSR count). The van der Waals surface area contributed by atoms with Crippen molar-refractivity contribution in [3.05, 3.63) is 186 Å². The van der Waals surface area contributed by atoms with Gasteiger partial charge in [-0.3, -0.25) is 9.59 Å². The summed E-state index contributed by atoms with van der Waals surface area (Å²) in [4.78, 5) is 27.3. The highest BCUT2D eigenvalue weighted by molar-refractivity contribution is 9.13. The summed E-state index contributed by atoms with van der Waals surface area (Å²) in [6.45, 7) is 4.05. The zero-order valence-electron chi connectivity index (χ0n) is 26.8. The predicted molar refractivity (Wildman–Crippen MR) is 216 cm³/mol. The molecule has 8 heteroatoms. The van der Waals surface area contributed by atoms with Gasteiger partial charge >= 0.3 is 11.5 Å². The Morgan fingerprint density at radius 2 is 1.16 bits per heavy atom. The normalized spacial score (nSPS) is 14.2. The summed E-state index contributed by atoms with van der Waals surface area (Å²) in [5, 5.41) is 0.297. The van der Waals surface area contributed by atoms with Crippen LogP contribution in [0.2, 0.25) is 0 Å². The van der Waals surface area contributed by atoms with Gasteiger partial charge in [-0.2, -0.15) is 0 Å². The van der Waals surface area contributed by atoms with Crippen LogP contribution in [0, 0.1) is 19.8 Å². The molecule has 2 heterocycles. The summed E-state index contributed by atoms with van der Waals surface area (Å²) in [7, 11) is 0. The maximum atomic E-state index is 13.7. The van der Waals surface area contributed by atoms with Crippen molar-refractivity contribution in [1.82, 2.24) is 0 Å². The first kappa shape index (κ1) is 34.5. The van der Waals surface area contributed by atoms with Gasteiger partial charge in [0.15, 0.2) is 0 Å². The average Bonchev–Trinajstić information content (AvgIpc) is 3.12. The van der Waals surface area contributed by atoms with Crippen LogP contribution in [0.15, 0.2) is 141 Å². The number of aryl methyl sites for hydroxylation is 2. The van der Waals surface area contributed by atoms with E-state index in [-0.39, 0.29) is 27.2 Å². The number of ether oxygens (including phenoxy) is 1. The maximum absolute atomic E-state index is 13.7. The van der Waals surface area contributed by atoms with Gasteiger partial charge in [-0.1, -0.05) is 54.6 Å². The van der Waals surface area contributed by atoms with Crippen molar-refractivity contribution >= 4 is 87.4 Å².